The van der Waals surface area contributed by atoms with Crippen molar-refractivity contribution in [3.8, 4) is 5.75 Å². The summed E-state index contributed by atoms with van der Waals surface area (Å²) < 4.78 is 5.53. The zero-order valence-electron chi connectivity index (χ0n) is 12.9. The molecule has 5 nitrogen and oxygen atoms in total. The van der Waals surface area contributed by atoms with Crippen molar-refractivity contribution in [3.63, 3.8) is 0 Å². The summed E-state index contributed by atoms with van der Waals surface area (Å²) in [7, 11) is 0. The van der Waals surface area contributed by atoms with Crippen molar-refractivity contribution in [2.75, 3.05) is 13.2 Å². The van der Waals surface area contributed by atoms with Crippen LogP contribution in [-0.2, 0) is 11.3 Å². The van der Waals surface area contributed by atoms with Crippen LogP contribution in [0.4, 0.5) is 0 Å². The summed E-state index contributed by atoms with van der Waals surface area (Å²) >= 11 is 0. The number of aliphatic hydroxyl groups is 1. The molecule has 0 radical (unpaired) electrons. The van der Waals surface area contributed by atoms with Crippen molar-refractivity contribution in [3.05, 3.63) is 42.0 Å². The monoisotopic (exact) mass is 302 g/mol. The zero-order valence-corrected chi connectivity index (χ0v) is 12.9. The van der Waals surface area contributed by atoms with Gasteiger partial charge in [-0.1, -0.05) is 30.3 Å². The number of nitrogens with two attached hydrogens (primary N) is 1. The summed E-state index contributed by atoms with van der Waals surface area (Å²) in [5.41, 5.74) is 5.70. The third-order valence-corrected chi connectivity index (χ3v) is 3.51. The SMILES string of the molecule is CC(C)(CO)NCc1c(OCC(N)=O)ccc2ccccc12. The largest absolute Gasteiger partial charge is 0.483 e. The molecule has 2 aromatic carbocycles. The van der Waals surface area contributed by atoms with Crippen LogP contribution >= 0.6 is 0 Å². The molecule has 0 bridgehead atoms. The Morgan fingerprint density at radius 3 is 2.68 bits per heavy atom. The fraction of sp³-hybridized carbons (Fsp3) is 0.353. The third kappa shape index (κ3) is 3.96. The first kappa shape index (κ1) is 16.3. The molecule has 0 saturated carbocycles. The Morgan fingerprint density at radius 1 is 1.27 bits per heavy atom. The number of amides is 1. The van der Waals surface area contributed by atoms with Gasteiger partial charge in [-0.05, 0) is 30.7 Å². The number of carbonyl (C=O) groups excluding carboxylic acids is 1. The molecule has 2 aromatic rings. The highest BCUT2D eigenvalue weighted by Crippen LogP contribution is 2.28. The minimum Gasteiger partial charge on any atom is -0.483 e. The number of rotatable bonds is 7. The first-order valence-corrected chi connectivity index (χ1v) is 7.20. The van der Waals surface area contributed by atoms with Gasteiger partial charge in [0, 0.05) is 17.6 Å². The number of ether oxygens (including phenoxy) is 1. The van der Waals surface area contributed by atoms with Gasteiger partial charge in [0.1, 0.15) is 5.75 Å². The summed E-state index contributed by atoms with van der Waals surface area (Å²) in [5, 5.41) is 14.8. The van der Waals surface area contributed by atoms with Gasteiger partial charge in [0.2, 0.25) is 0 Å². The predicted molar refractivity (Wildman–Crippen MR) is 86.6 cm³/mol. The van der Waals surface area contributed by atoms with Crippen LogP contribution in [0.25, 0.3) is 10.8 Å². The standard InChI is InChI=1S/C17H22N2O3/c1-17(2,11-20)19-9-14-13-6-4-3-5-12(13)7-8-15(14)22-10-16(18)21/h3-8,19-20H,9-11H2,1-2H3,(H2,18,21). The normalized spacial score (nSPS) is 11.6. The minimum atomic E-state index is -0.511. The molecule has 0 aliphatic carbocycles. The number of nitrogens with one attached hydrogen (secondary N) is 1. The maximum Gasteiger partial charge on any atom is 0.255 e. The van der Waals surface area contributed by atoms with Crippen molar-refractivity contribution >= 4 is 16.7 Å². The van der Waals surface area contributed by atoms with E-state index in [0.29, 0.717) is 12.3 Å². The Bertz CT molecular complexity index is 668. The van der Waals surface area contributed by atoms with E-state index in [1.165, 1.54) is 0 Å². The summed E-state index contributed by atoms with van der Waals surface area (Å²) in [4.78, 5) is 11.0. The highest BCUT2D eigenvalue weighted by atomic mass is 16.5. The van der Waals surface area contributed by atoms with E-state index in [-0.39, 0.29) is 13.2 Å². The molecule has 0 unspecified atom stereocenters. The summed E-state index contributed by atoms with van der Waals surface area (Å²) in [5.74, 6) is 0.112. The van der Waals surface area contributed by atoms with Gasteiger partial charge >= 0.3 is 0 Å². The van der Waals surface area contributed by atoms with Gasteiger partial charge in [-0.2, -0.15) is 0 Å². The fourth-order valence-electron chi connectivity index (χ4n) is 2.17. The molecule has 0 heterocycles. The molecule has 1 amide bonds. The molecular formula is C17H22N2O3. The van der Waals surface area contributed by atoms with Crippen LogP contribution in [-0.4, -0.2) is 29.8 Å². The molecule has 0 aromatic heterocycles. The second-order valence-electron chi connectivity index (χ2n) is 5.91. The topological polar surface area (TPSA) is 84.6 Å². The smallest absolute Gasteiger partial charge is 0.255 e. The fourth-order valence-corrected chi connectivity index (χ4v) is 2.17. The van der Waals surface area contributed by atoms with E-state index in [4.69, 9.17) is 10.5 Å². The highest BCUT2D eigenvalue weighted by molar-refractivity contribution is 5.88. The number of hydrogen-bond donors (Lipinski definition) is 3. The Balaban J connectivity index is 2.36. The number of hydrogen-bond acceptors (Lipinski definition) is 4. The maximum absolute atomic E-state index is 11.0. The Morgan fingerprint density at radius 2 is 2.00 bits per heavy atom. The van der Waals surface area contributed by atoms with Gasteiger partial charge in [-0.25, -0.2) is 0 Å². The van der Waals surface area contributed by atoms with Crippen LogP contribution in [0, 0.1) is 0 Å². The Kier molecular flexibility index (Phi) is 5.00. The number of aliphatic hydroxyl groups excluding tert-OH is 1. The Hall–Kier alpha value is -2.11. The van der Waals surface area contributed by atoms with Gasteiger partial charge in [0.05, 0.1) is 6.61 Å². The van der Waals surface area contributed by atoms with Gasteiger partial charge < -0.3 is 20.9 Å². The lowest BCUT2D eigenvalue weighted by molar-refractivity contribution is -0.119. The molecule has 0 fully saturated rings. The molecule has 0 aliphatic heterocycles. The molecule has 0 atom stereocenters. The van der Waals surface area contributed by atoms with E-state index >= 15 is 0 Å². The second kappa shape index (κ2) is 6.77. The molecule has 0 aliphatic rings. The van der Waals surface area contributed by atoms with Crippen LogP contribution in [0.15, 0.2) is 36.4 Å². The first-order chi connectivity index (χ1) is 10.4. The van der Waals surface area contributed by atoms with E-state index < -0.39 is 11.4 Å². The first-order valence-electron chi connectivity index (χ1n) is 7.20. The van der Waals surface area contributed by atoms with Gasteiger partial charge in [-0.3, -0.25) is 4.79 Å². The minimum absolute atomic E-state index is 0.0231. The number of fused-ring (bicyclic) bond motifs is 1. The zero-order chi connectivity index (χ0) is 16.2. The molecule has 4 N–H and O–H groups in total. The van der Waals surface area contributed by atoms with Crippen LogP contribution in [0.2, 0.25) is 0 Å². The molecule has 118 valence electrons. The van der Waals surface area contributed by atoms with Crippen molar-refractivity contribution < 1.29 is 14.6 Å². The predicted octanol–water partition coefficient (Wildman–Crippen LogP) is 1.56. The Labute approximate surface area is 130 Å². The van der Waals surface area contributed by atoms with Crippen molar-refractivity contribution in [1.82, 2.24) is 5.32 Å². The van der Waals surface area contributed by atoms with Crippen LogP contribution in [0.1, 0.15) is 19.4 Å². The van der Waals surface area contributed by atoms with Gasteiger partial charge in [0.15, 0.2) is 6.61 Å². The number of benzene rings is 2. The summed E-state index contributed by atoms with van der Waals surface area (Å²) in [6.45, 7) is 4.22. The summed E-state index contributed by atoms with van der Waals surface area (Å²) in [6, 6.07) is 11.8. The maximum atomic E-state index is 11.0. The molecule has 5 heteroatoms. The van der Waals surface area contributed by atoms with Crippen LogP contribution in [0.3, 0.4) is 0 Å². The van der Waals surface area contributed by atoms with E-state index in [1.54, 1.807) is 0 Å². The molecular weight excluding hydrogens is 280 g/mol. The number of primary amides is 1. The summed E-state index contributed by atoms with van der Waals surface area (Å²) in [6.07, 6.45) is 0. The lowest BCUT2D eigenvalue weighted by atomic mass is 10.0. The van der Waals surface area contributed by atoms with Crippen molar-refractivity contribution in [2.24, 2.45) is 5.73 Å². The van der Waals surface area contributed by atoms with E-state index in [9.17, 15) is 9.90 Å². The van der Waals surface area contributed by atoms with Crippen LogP contribution in [0.5, 0.6) is 5.75 Å². The molecule has 22 heavy (non-hydrogen) atoms. The van der Waals surface area contributed by atoms with Crippen molar-refractivity contribution in [1.29, 1.82) is 0 Å². The lowest BCUT2D eigenvalue weighted by Gasteiger charge is -2.25. The molecule has 0 saturated heterocycles. The quantitative estimate of drug-likeness (QED) is 0.725. The van der Waals surface area contributed by atoms with E-state index in [0.717, 1.165) is 16.3 Å². The van der Waals surface area contributed by atoms with Gasteiger partial charge in [-0.15, -0.1) is 0 Å². The van der Waals surface area contributed by atoms with E-state index in [1.807, 2.05) is 50.2 Å². The lowest BCUT2D eigenvalue weighted by Crippen LogP contribution is -2.42. The van der Waals surface area contributed by atoms with Gasteiger partial charge in [0.25, 0.3) is 5.91 Å². The molecule has 2 rings (SSSR count). The highest BCUT2D eigenvalue weighted by Gasteiger charge is 2.17. The van der Waals surface area contributed by atoms with E-state index in [2.05, 4.69) is 5.32 Å². The van der Waals surface area contributed by atoms with Crippen LogP contribution < -0.4 is 15.8 Å². The second-order valence-corrected chi connectivity index (χ2v) is 5.91. The average Bonchev–Trinajstić information content (AvgIpc) is 2.51. The average molecular weight is 302 g/mol. The van der Waals surface area contributed by atoms with Crippen molar-refractivity contribution in [2.45, 2.75) is 25.9 Å². The molecule has 0 spiro atoms. The third-order valence-electron chi connectivity index (χ3n) is 3.51. The number of carbonyl (C=O) groups is 1.